The Bertz CT molecular complexity index is 1120. The third kappa shape index (κ3) is 5.04. The maximum atomic E-state index is 13.9. The summed E-state index contributed by atoms with van der Waals surface area (Å²) in [6, 6.07) is -2.90. The van der Waals surface area contributed by atoms with Crippen LogP contribution in [0.3, 0.4) is 0 Å². The highest BCUT2D eigenvalue weighted by atomic mass is 19.4. The van der Waals surface area contributed by atoms with Crippen LogP contribution in [0.1, 0.15) is 24.3 Å². The first-order chi connectivity index (χ1) is 15.0. The van der Waals surface area contributed by atoms with Crippen LogP contribution >= 0.6 is 0 Å². The summed E-state index contributed by atoms with van der Waals surface area (Å²) in [6.45, 7) is 2.69. The number of rotatable bonds is 6. The largest absolute Gasteiger partial charge is 0.455 e. The molecule has 3 rings (SSSR count). The number of furan rings is 1. The maximum Gasteiger partial charge on any atom is 0.416 e. The Balaban J connectivity index is 1.81. The minimum absolute atomic E-state index is 0.0138. The molecule has 0 aliphatic rings. The Kier molecular flexibility index (Phi) is 6.48. The maximum absolute atomic E-state index is 13.9. The Labute approximate surface area is 177 Å². The number of nitrogens with zero attached hydrogens (tertiary/aromatic N) is 2. The first kappa shape index (κ1) is 23.2. The van der Waals surface area contributed by atoms with Crippen LogP contribution in [0.25, 0.3) is 11.0 Å². The van der Waals surface area contributed by atoms with Gasteiger partial charge < -0.3 is 25.5 Å². The lowest BCUT2D eigenvalue weighted by molar-refractivity contribution is -0.158. The highest BCUT2D eigenvalue weighted by molar-refractivity contribution is 5.89. The number of halogens is 5. The molecule has 4 N–H and O–H groups in total. The number of aryl methyl sites for hydroxylation is 1. The van der Waals surface area contributed by atoms with Crippen molar-refractivity contribution in [3.05, 3.63) is 47.5 Å². The number of urea groups is 1. The van der Waals surface area contributed by atoms with Crippen molar-refractivity contribution in [2.75, 3.05) is 17.2 Å². The number of fused-ring (bicyclic) bond motifs is 1. The second-order valence-corrected chi connectivity index (χ2v) is 6.95. The predicted octanol–water partition coefficient (Wildman–Crippen LogP) is 4.03. The lowest BCUT2D eigenvalue weighted by Crippen LogP contribution is -2.40. The number of aliphatic hydroxyl groups excluding tert-OH is 1. The molecule has 2 heterocycles. The van der Waals surface area contributed by atoms with Gasteiger partial charge in [0.1, 0.15) is 11.6 Å². The van der Waals surface area contributed by atoms with E-state index in [2.05, 4.69) is 20.6 Å². The van der Waals surface area contributed by atoms with Crippen LogP contribution < -0.4 is 16.0 Å². The second kappa shape index (κ2) is 8.94. The van der Waals surface area contributed by atoms with Crippen molar-refractivity contribution in [3.8, 4) is 0 Å². The zero-order valence-corrected chi connectivity index (χ0v) is 16.7. The normalized spacial score (nSPS) is 13.6. The van der Waals surface area contributed by atoms with Gasteiger partial charge in [-0.1, -0.05) is 0 Å². The molecule has 0 saturated carbocycles. The number of aromatic nitrogens is 2. The molecule has 1 aromatic carbocycles. The number of benzene rings is 1. The van der Waals surface area contributed by atoms with E-state index in [4.69, 9.17) is 9.52 Å². The number of nitrogens with one attached hydrogen (secondary N) is 3. The molecule has 0 radical (unpaired) electrons. The summed E-state index contributed by atoms with van der Waals surface area (Å²) in [5, 5.41) is 15.4. The summed E-state index contributed by atoms with van der Waals surface area (Å²) in [4.78, 5) is 19.9. The number of carbonyl (C=O) groups excluding carboxylic acids is 1. The number of aliphatic hydroxyl groups is 1. The smallest absolute Gasteiger partial charge is 0.416 e. The van der Waals surface area contributed by atoms with Gasteiger partial charge in [0.25, 0.3) is 0 Å². The van der Waals surface area contributed by atoms with Gasteiger partial charge in [0, 0.05) is 23.1 Å². The quantitative estimate of drug-likeness (QED) is 0.414. The summed E-state index contributed by atoms with van der Waals surface area (Å²) < 4.78 is 73.5. The van der Waals surface area contributed by atoms with E-state index >= 15 is 0 Å². The molecule has 13 heteroatoms. The number of amides is 2. The fourth-order valence-electron chi connectivity index (χ4n) is 2.86. The zero-order valence-electron chi connectivity index (χ0n) is 16.7. The van der Waals surface area contributed by atoms with Crippen LogP contribution in [0.5, 0.6) is 0 Å². The lowest BCUT2D eigenvalue weighted by Gasteiger charge is -2.20. The van der Waals surface area contributed by atoms with E-state index in [1.807, 2.05) is 0 Å². The molecule has 0 spiro atoms. The van der Waals surface area contributed by atoms with Crippen LogP contribution in [0.4, 0.5) is 38.4 Å². The van der Waals surface area contributed by atoms with E-state index in [0.29, 0.717) is 6.07 Å². The van der Waals surface area contributed by atoms with Crippen molar-refractivity contribution in [3.63, 3.8) is 0 Å². The van der Waals surface area contributed by atoms with Gasteiger partial charge in [-0.2, -0.15) is 13.2 Å². The first-order valence-corrected chi connectivity index (χ1v) is 9.21. The topological polar surface area (TPSA) is 112 Å². The minimum atomic E-state index is -5.00. The summed E-state index contributed by atoms with van der Waals surface area (Å²) in [5.41, 5.74) is -0.734. The molecule has 0 unspecified atom stereocenters. The molecule has 0 saturated heterocycles. The molecule has 0 aliphatic heterocycles. The lowest BCUT2D eigenvalue weighted by atomic mass is 10.1. The van der Waals surface area contributed by atoms with Crippen molar-refractivity contribution in [2.24, 2.45) is 0 Å². The molecule has 2 atom stereocenters. The van der Waals surface area contributed by atoms with E-state index in [-0.39, 0.29) is 35.2 Å². The standard InChI is InChI=1S/C19H18F5N5O3/c1-8(7-30)27-17-25-5-11(6-26-17)28-18(31)29-16(19(22,23)24)14-9(2)12-3-10(20)4-13(21)15(12)32-14/h3-6,8,16,30H,7H2,1-2H3,(H,25,26,27)(H2,28,29,31)/t8-,16+/m0/s1. The number of hydrogen-bond donors (Lipinski definition) is 4. The van der Waals surface area contributed by atoms with E-state index in [9.17, 15) is 26.7 Å². The molecule has 2 amide bonds. The van der Waals surface area contributed by atoms with Crippen molar-refractivity contribution < 1.29 is 36.3 Å². The Hall–Kier alpha value is -3.48. The fourth-order valence-corrected chi connectivity index (χ4v) is 2.86. The number of hydrogen-bond acceptors (Lipinski definition) is 6. The Morgan fingerprint density at radius 3 is 2.47 bits per heavy atom. The Morgan fingerprint density at radius 1 is 1.22 bits per heavy atom. The van der Waals surface area contributed by atoms with Crippen LogP contribution in [0.15, 0.2) is 28.9 Å². The average molecular weight is 459 g/mol. The van der Waals surface area contributed by atoms with Gasteiger partial charge in [-0.15, -0.1) is 0 Å². The average Bonchev–Trinajstić information content (AvgIpc) is 3.03. The minimum Gasteiger partial charge on any atom is -0.455 e. The molecule has 2 aromatic heterocycles. The summed E-state index contributed by atoms with van der Waals surface area (Å²) >= 11 is 0. The van der Waals surface area contributed by atoms with Crippen LogP contribution in [-0.2, 0) is 0 Å². The summed E-state index contributed by atoms with van der Waals surface area (Å²) in [5.74, 6) is -2.79. The number of alkyl halides is 3. The van der Waals surface area contributed by atoms with Gasteiger partial charge in [-0.05, 0) is 19.9 Å². The second-order valence-electron chi connectivity index (χ2n) is 6.95. The highest BCUT2D eigenvalue weighted by Crippen LogP contribution is 2.39. The Morgan fingerprint density at radius 2 is 1.88 bits per heavy atom. The molecule has 0 aliphatic carbocycles. The highest BCUT2D eigenvalue weighted by Gasteiger charge is 2.45. The summed E-state index contributed by atoms with van der Waals surface area (Å²) in [7, 11) is 0. The SMILES string of the molecule is Cc1c([C@@H](NC(=O)Nc2cnc(N[C@@H](C)CO)nc2)C(F)(F)F)oc2c(F)cc(F)cc12. The van der Waals surface area contributed by atoms with E-state index in [0.717, 1.165) is 18.5 Å². The molecule has 0 bridgehead atoms. The molecule has 172 valence electrons. The van der Waals surface area contributed by atoms with Gasteiger partial charge in [0.05, 0.1) is 24.7 Å². The molecule has 3 aromatic rings. The van der Waals surface area contributed by atoms with Gasteiger partial charge in [-0.3, -0.25) is 0 Å². The zero-order chi connectivity index (χ0) is 23.6. The first-order valence-electron chi connectivity index (χ1n) is 9.21. The number of anilines is 2. The van der Waals surface area contributed by atoms with Gasteiger partial charge in [0.15, 0.2) is 17.4 Å². The van der Waals surface area contributed by atoms with Gasteiger partial charge in [0.2, 0.25) is 5.95 Å². The molecule has 8 nitrogen and oxygen atoms in total. The van der Waals surface area contributed by atoms with Gasteiger partial charge in [-0.25, -0.2) is 23.5 Å². The predicted molar refractivity (Wildman–Crippen MR) is 104 cm³/mol. The van der Waals surface area contributed by atoms with Crippen LogP contribution in [0, 0.1) is 18.6 Å². The van der Waals surface area contributed by atoms with Crippen molar-refractivity contribution in [1.82, 2.24) is 15.3 Å². The summed E-state index contributed by atoms with van der Waals surface area (Å²) in [6.07, 6.45) is -2.71. The van der Waals surface area contributed by atoms with Gasteiger partial charge >= 0.3 is 12.2 Å². The number of carbonyl (C=O) groups is 1. The van der Waals surface area contributed by atoms with E-state index < -0.39 is 41.2 Å². The van der Waals surface area contributed by atoms with Crippen LogP contribution in [-0.4, -0.2) is 39.9 Å². The van der Waals surface area contributed by atoms with Crippen molar-refractivity contribution >= 4 is 28.6 Å². The van der Waals surface area contributed by atoms with Crippen molar-refractivity contribution in [1.29, 1.82) is 0 Å². The molecule has 0 fully saturated rings. The van der Waals surface area contributed by atoms with Crippen molar-refractivity contribution in [2.45, 2.75) is 32.1 Å². The third-order valence-corrected chi connectivity index (χ3v) is 4.42. The van der Waals surface area contributed by atoms with E-state index in [1.54, 1.807) is 12.2 Å². The molecule has 32 heavy (non-hydrogen) atoms. The van der Waals surface area contributed by atoms with E-state index in [1.165, 1.54) is 6.92 Å². The van der Waals surface area contributed by atoms with Crippen LogP contribution in [0.2, 0.25) is 0 Å². The molecular weight excluding hydrogens is 441 g/mol. The third-order valence-electron chi connectivity index (χ3n) is 4.42. The fraction of sp³-hybridized carbons (Fsp3) is 0.316. The molecular formula is C19H18F5N5O3. The monoisotopic (exact) mass is 459 g/mol.